The monoisotopic (exact) mass is 487 g/mol. The number of hydrogen-bond donors (Lipinski definition) is 2. The van der Waals surface area contributed by atoms with E-state index in [0.717, 1.165) is 12.0 Å². The van der Waals surface area contributed by atoms with E-state index in [1.54, 1.807) is 45.0 Å². The highest BCUT2D eigenvalue weighted by molar-refractivity contribution is 6.34. The van der Waals surface area contributed by atoms with Gasteiger partial charge < -0.3 is 20.3 Å². The Kier molecular flexibility index (Phi) is 9.93. The van der Waals surface area contributed by atoms with Gasteiger partial charge in [0.15, 0.2) is 0 Å². The van der Waals surface area contributed by atoms with Gasteiger partial charge in [0.2, 0.25) is 5.91 Å². The predicted octanol–water partition coefficient (Wildman–Crippen LogP) is 5.48. The molecule has 7 nitrogen and oxygen atoms in total. The first-order valence-electron chi connectivity index (χ1n) is 11.4. The van der Waals surface area contributed by atoms with E-state index < -0.39 is 17.7 Å². The molecule has 1 unspecified atom stereocenters. The van der Waals surface area contributed by atoms with Crippen LogP contribution in [0.3, 0.4) is 0 Å². The molecule has 0 bridgehead atoms. The van der Waals surface area contributed by atoms with Gasteiger partial charge in [-0.15, -0.1) is 0 Å². The number of hydrogen-bond acceptors (Lipinski definition) is 4. The number of anilines is 1. The standard InChI is InChI=1S/C26H34ClN3O4/c1-6-7-16-30(21(31)17-28-25(33)34-26(3,4)5)23(19-13-9-8-10-14-19)24(32)29-22-18(2)12-11-15-20(22)27/h8-15,23H,6-7,16-17H2,1-5H3,(H,28,33)(H,29,32). The van der Waals surface area contributed by atoms with Crippen molar-refractivity contribution in [2.75, 3.05) is 18.4 Å². The Morgan fingerprint density at radius 2 is 1.74 bits per heavy atom. The Balaban J connectivity index is 2.34. The van der Waals surface area contributed by atoms with Crippen LogP contribution in [0.5, 0.6) is 0 Å². The van der Waals surface area contributed by atoms with Gasteiger partial charge in [0, 0.05) is 6.54 Å². The summed E-state index contributed by atoms with van der Waals surface area (Å²) in [6.07, 6.45) is 0.833. The normalized spacial score (nSPS) is 11.9. The fraction of sp³-hybridized carbons (Fsp3) is 0.423. The topological polar surface area (TPSA) is 87.7 Å². The first-order chi connectivity index (χ1) is 16.0. The molecule has 2 aromatic rings. The van der Waals surface area contributed by atoms with Gasteiger partial charge in [-0.2, -0.15) is 0 Å². The third kappa shape index (κ3) is 8.06. The van der Waals surface area contributed by atoms with Gasteiger partial charge in [-0.1, -0.05) is 67.4 Å². The van der Waals surface area contributed by atoms with E-state index in [0.29, 0.717) is 29.2 Å². The highest BCUT2D eigenvalue weighted by Crippen LogP contribution is 2.29. The first kappa shape index (κ1) is 27.2. The van der Waals surface area contributed by atoms with Crippen molar-refractivity contribution in [3.63, 3.8) is 0 Å². The minimum absolute atomic E-state index is 0.291. The lowest BCUT2D eigenvalue weighted by molar-refractivity contribution is -0.138. The molecule has 2 N–H and O–H groups in total. The number of benzene rings is 2. The van der Waals surface area contributed by atoms with Crippen LogP contribution in [-0.4, -0.2) is 41.5 Å². The van der Waals surface area contributed by atoms with Gasteiger partial charge >= 0.3 is 6.09 Å². The Bertz CT molecular complexity index is 969. The molecule has 0 aliphatic heterocycles. The summed E-state index contributed by atoms with van der Waals surface area (Å²) in [5.74, 6) is -0.775. The van der Waals surface area contributed by atoms with E-state index in [1.165, 1.54) is 4.90 Å². The van der Waals surface area contributed by atoms with E-state index in [-0.39, 0.29) is 18.4 Å². The number of unbranched alkanes of at least 4 members (excludes halogenated alkanes) is 1. The van der Waals surface area contributed by atoms with Crippen molar-refractivity contribution in [3.05, 3.63) is 64.7 Å². The van der Waals surface area contributed by atoms with E-state index >= 15 is 0 Å². The number of halogens is 1. The number of amides is 3. The molecule has 0 aliphatic carbocycles. The summed E-state index contributed by atoms with van der Waals surface area (Å²) in [7, 11) is 0. The number of carbonyl (C=O) groups is 3. The minimum Gasteiger partial charge on any atom is -0.444 e. The van der Waals surface area contributed by atoms with Gasteiger partial charge in [0.05, 0.1) is 10.7 Å². The third-order valence-electron chi connectivity index (χ3n) is 5.00. The van der Waals surface area contributed by atoms with Gasteiger partial charge in [-0.25, -0.2) is 4.79 Å². The van der Waals surface area contributed by atoms with Crippen LogP contribution in [0.1, 0.15) is 57.7 Å². The number of aryl methyl sites for hydroxylation is 1. The van der Waals surface area contributed by atoms with Crippen molar-refractivity contribution in [3.8, 4) is 0 Å². The van der Waals surface area contributed by atoms with Crippen molar-refractivity contribution < 1.29 is 19.1 Å². The first-order valence-corrected chi connectivity index (χ1v) is 11.8. The molecule has 0 saturated heterocycles. The minimum atomic E-state index is -0.906. The molecule has 8 heteroatoms. The molecule has 0 fully saturated rings. The lowest BCUT2D eigenvalue weighted by Gasteiger charge is -2.32. The Morgan fingerprint density at radius 1 is 1.06 bits per heavy atom. The van der Waals surface area contributed by atoms with Crippen molar-refractivity contribution in [2.24, 2.45) is 0 Å². The van der Waals surface area contributed by atoms with E-state index in [2.05, 4.69) is 10.6 Å². The Labute approximate surface area is 206 Å². The number of rotatable bonds is 9. The van der Waals surface area contributed by atoms with E-state index in [9.17, 15) is 14.4 Å². The summed E-state index contributed by atoms with van der Waals surface area (Å²) in [6, 6.07) is 13.5. The van der Waals surface area contributed by atoms with Crippen LogP contribution < -0.4 is 10.6 Å². The summed E-state index contributed by atoms with van der Waals surface area (Å²) < 4.78 is 5.23. The second-order valence-corrected chi connectivity index (χ2v) is 9.44. The van der Waals surface area contributed by atoms with Crippen LogP contribution in [-0.2, 0) is 14.3 Å². The van der Waals surface area contributed by atoms with Gasteiger partial charge in [-0.05, 0) is 51.3 Å². The molecule has 0 saturated carbocycles. The third-order valence-corrected chi connectivity index (χ3v) is 5.32. The molecular formula is C26H34ClN3O4. The molecule has 0 radical (unpaired) electrons. The largest absolute Gasteiger partial charge is 0.444 e. The van der Waals surface area contributed by atoms with Crippen LogP contribution in [0.2, 0.25) is 5.02 Å². The number of para-hydroxylation sites is 1. The lowest BCUT2D eigenvalue weighted by Crippen LogP contribution is -2.47. The second-order valence-electron chi connectivity index (χ2n) is 9.03. The Hall–Kier alpha value is -3.06. The van der Waals surface area contributed by atoms with Crippen LogP contribution in [0.15, 0.2) is 48.5 Å². The number of carbonyl (C=O) groups excluding carboxylic acids is 3. The number of nitrogens with zero attached hydrogens (tertiary/aromatic N) is 1. The number of alkyl carbamates (subject to hydrolysis) is 1. The van der Waals surface area contributed by atoms with Crippen molar-refractivity contribution in [2.45, 2.75) is 59.1 Å². The predicted molar refractivity (Wildman–Crippen MR) is 135 cm³/mol. The maximum absolute atomic E-state index is 13.6. The summed E-state index contributed by atoms with van der Waals surface area (Å²) in [6.45, 7) is 9.15. The summed E-state index contributed by atoms with van der Waals surface area (Å²) in [5, 5.41) is 5.83. The number of ether oxygens (including phenoxy) is 1. The highest BCUT2D eigenvalue weighted by atomic mass is 35.5. The SMILES string of the molecule is CCCCN(C(=O)CNC(=O)OC(C)(C)C)C(C(=O)Nc1c(C)cccc1Cl)c1ccccc1. The average Bonchev–Trinajstić information content (AvgIpc) is 2.77. The van der Waals surface area contributed by atoms with E-state index in [1.807, 2.05) is 38.1 Å². The molecule has 34 heavy (non-hydrogen) atoms. The van der Waals surface area contributed by atoms with Crippen molar-refractivity contribution in [1.82, 2.24) is 10.2 Å². The van der Waals surface area contributed by atoms with Crippen LogP contribution in [0.4, 0.5) is 10.5 Å². The van der Waals surface area contributed by atoms with Crippen LogP contribution >= 0.6 is 11.6 Å². The molecule has 0 aromatic heterocycles. The lowest BCUT2D eigenvalue weighted by atomic mass is 10.0. The average molecular weight is 488 g/mol. The molecule has 3 amide bonds. The zero-order valence-corrected chi connectivity index (χ0v) is 21.2. The second kappa shape index (κ2) is 12.4. The molecule has 1 atom stereocenters. The van der Waals surface area contributed by atoms with Gasteiger partial charge in [0.25, 0.3) is 5.91 Å². The molecule has 184 valence electrons. The smallest absolute Gasteiger partial charge is 0.408 e. The maximum atomic E-state index is 13.6. The zero-order valence-electron chi connectivity index (χ0n) is 20.5. The quantitative estimate of drug-likeness (QED) is 0.490. The fourth-order valence-electron chi connectivity index (χ4n) is 3.38. The van der Waals surface area contributed by atoms with E-state index in [4.69, 9.17) is 16.3 Å². The summed E-state index contributed by atoms with van der Waals surface area (Å²) >= 11 is 6.33. The van der Waals surface area contributed by atoms with Crippen molar-refractivity contribution in [1.29, 1.82) is 0 Å². The molecule has 2 rings (SSSR count). The molecular weight excluding hydrogens is 454 g/mol. The van der Waals surface area contributed by atoms with Crippen LogP contribution in [0.25, 0.3) is 0 Å². The van der Waals surface area contributed by atoms with Gasteiger partial charge in [0.1, 0.15) is 18.2 Å². The zero-order chi connectivity index (χ0) is 25.3. The summed E-state index contributed by atoms with van der Waals surface area (Å²) in [5.41, 5.74) is 1.29. The van der Waals surface area contributed by atoms with Crippen molar-refractivity contribution >= 4 is 35.2 Å². The fourth-order valence-corrected chi connectivity index (χ4v) is 3.65. The maximum Gasteiger partial charge on any atom is 0.408 e. The molecule has 0 spiro atoms. The highest BCUT2D eigenvalue weighted by Gasteiger charge is 2.32. The number of nitrogens with one attached hydrogen (secondary N) is 2. The Morgan fingerprint density at radius 3 is 2.32 bits per heavy atom. The van der Waals surface area contributed by atoms with Gasteiger partial charge in [-0.3, -0.25) is 9.59 Å². The van der Waals surface area contributed by atoms with Crippen LogP contribution in [0, 0.1) is 6.92 Å². The summed E-state index contributed by atoms with van der Waals surface area (Å²) in [4.78, 5) is 40.4. The molecule has 0 heterocycles. The molecule has 0 aliphatic rings. The molecule has 2 aromatic carbocycles.